The van der Waals surface area contributed by atoms with Gasteiger partial charge in [0, 0.05) is 12.3 Å². The van der Waals surface area contributed by atoms with Crippen LogP contribution in [0, 0.1) is 5.41 Å². The fourth-order valence-electron chi connectivity index (χ4n) is 1.44. The minimum atomic E-state index is -1.11. The highest BCUT2D eigenvalue weighted by atomic mass is 32.1. The number of carboxylic acids is 1. The zero-order valence-corrected chi connectivity index (χ0v) is 12.5. The smallest absolute Gasteiger partial charge is 0.326 e. The second-order valence-electron chi connectivity index (χ2n) is 5.33. The lowest BCUT2D eigenvalue weighted by Crippen LogP contribution is -2.49. The lowest BCUT2D eigenvalue weighted by molar-refractivity contribution is -0.142. The Bertz CT molecular complexity index is 533. The van der Waals surface area contributed by atoms with Gasteiger partial charge in [-0.3, -0.25) is 9.59 Å². The molecule has 1 rings (SSSR count). The Labute approximate surface area is 120 Å². The van der Waals surface area contributed by atoms with Crippen molar-refractivity contribution in [3.8, 4) is 0 Å². The van der Waals surface area contributed by atoms with E-state index < -0.39 is 23.3 Å². The number of anilines is 1. The van der Waals surface area contributed by atoms with Crippen molar-refractivity contribution in [2.24, 2.45) is 5.41 Å². The molecule has 1 aromatic heterocycles. The highest BCUT2D eigenvalue weighted by molar-refractivity contribution is 7.14. The van der Waals surface area contributed by atoms with Crippen LogP contribution in [0.4, 0.5) is 5.13 Å². The number of nitrogens with zero attached hydrogens (tertiary/aromatic N) is 1. The number of carboxylic acid groups (broad SMARTS) is 1. The van der Waals surface area contributed by atoms with Crippen molar-refractivity contribution in [3.63, 3.8) is 0 Å². The maximum atomic E-state index is 12.0. The topological polar surface area (TPSA) is 108 Å². The molecule has 1 atom stereocenters. The maximum absolute atomic E-state index is 12.0. The molecular formula is C12H17N3O4S. The summed E-state index contributed by atoms with van der Waals surface area (Å²) in [6.45, 7) is 6.49. The van der Waals surface area contributed by atoms with E-state index in [1.165, 1.54) is 12.3 Å². The van der Waals surface area contributed by atoms with E-state index in [2.05, 4.69) is 15.6 Å². The molecular weight excluding hydrogens is 282 g/mol. The van der Waals surface area contributed by atoms with Crippen molar-refractivity contribution in [1.82, 2.24) is 10.3 Å². The predicted octanol–water partition coefficient (Wildman–Crippen LogP) is 1.33. The molecule has 110 valence electrons. The van der Waals surface area contributed by atoms with Gasteiger partial charge in [0.05, 0.1) is 0 Å². The lowest BCUT2D eigenvalue weighted by Gasteiger charge is -2.27. The molecule has 0 aromatic carbocycles. The predicted molar refractivity (Wildman–Crippen MR) is 74.8 cm³/mol. The molecule has 8 heteroatoms. The number of nitrogens with one attached hydrogen (secondary N) is 2. The van der Waals surface area contributed by atoms with Gasteiger partial charge in [0.25, 0.3) is 5.91 Å². The van der Waals surface area contributed by atoms with Gasteiger partial charge in [-0.05, 0) is 5.41 Å². The van der Waals surface area contributed by atoms with E-state index in [1.54, 1.807) is 20.8 Å². The van der Waals surface area contributed by atoms with Crippen molar-refractivity contribution < 1.29 is 19.5 Å². The Kier molecular flexibility index (Phi) is 4.83. The molecule has 3 N–H and O–H groups in total. The molecule has 0 radical (unpaired) electrons. The average Bonchev–Trinajstić information content (AvgIpc) is 2.70. The van der Waals surface area contributed by atoms with Gasteiger partial charge in [0.2, 0.25) is 5.91 Å². The van der Waals surface area contributed by atoms with Crippen molar-refractivity contribution in [3.05, 3.63) is 11.1 Å². The van der Waals surface area contributed by atoms with E-state index in [-0.39, 0.29) is 11.6 Å². The average molecular weight is 299 g/mol. The minimum absolute atomic E-state index is 0.0780. The van der Waals surface area contributed by atoms with Gasteiger partial charge < -0.3 is 15.7 Å². The van der Waals surface area contributed by atoms with Crippen LogP contribution in [0.2, 0.25) is 0 Å². The number of amides is 2. The van der Waals surface area contributed by atoms with E-state index >= 15 is 0 Å². The van der Waals surface area contributed by atoms with Gasteiger partial charge in [-0.2, -0.15) is 0 Å². The second kappa shape index (κ2) is 6.00. The van der Waals surface area contributed by atoms with Gasteiger partial charge in [-0.1, -0.05) is 20.8 Å². The molecule has 1 aromatic rings. The third-order valence-electron chi connectivity index (χ3n) is 2.41. The molecule has 0 spiro atoms. The molecule has 7 nitrogen and oxygen atoms in total. The molecule has 20 heavy (non-hydrogen) atoms. The normalized spacial score (nSPS) is 12.6. The summed E-state index contributed by atoms with van der Waals surface area (Å²) in [6, 6.07) is -1.03. The summed E-state index contributed by atoms with van der Waals surface area (Å²) in [6.07, 6.45) is 0. The molecule has 0 unspecified atom stereocenters. The van der Waals surface area contributed by atoms with Crippen LogP contribution < -0.4 is 10.6 Å². The van der Waals surface area contributed by atoms with Gasteiger partial charge >= 0.3 is 5.97 Å². The minimum Gasteiger partial charge on any atom is -0.480 e. The number of hydrogen-bond donors (Lipinski definition) is 3. The second-order valence-corrected chi connectivity index (χ2v) is 6.19. The molecule has 0 bridgehead atoms. The molecule has 0 saturated heterocycles. The van der Waals surface area contributed by atoms with Crippen molar-refractivity contribution >= 4 is 34.3 Å². The largest absolute Gasteiger partial charge is 0.480 e. The zero-order valence-electron chi connectivity index (χ0n) is 11.7. The number of thiazole rings is 1. The zero-order chi connectivity index (χ0) is 15.5. The summed E-state index contributed by atoms with van der Waals surface area (Å²) in [4.78, 5) is 37.9. The number of rotatable bonds is 4. The first kappa shape index (κ1) is 16.1. The standard InChI is InChI=1S/C12H17N3O4S/c1-6(16)13-11-14-7(5-20-11)9(17)15-8(10(18)19)12(2,3)4/h5,8H,1-4H3,(H,15,17)(H,18,19)(H,13,14,16)/t8-/m0/s1. The Morgan fingerprint density at radius 1 is 1.35 bits per heavy atom. The third-order valence-corrected chi connectivity index (χ3v) is 3.17. The van der Waals surface area contributed by atoms with Crippen LogP contribution in [-0.4, -0.2) is 33.9 Å². The molecule has 1 heterocycles. The molecule has 0 aliphatic carbocycles. The maximum Gasteiger partial charge on any atom is 0.326 e. The Balaban J connectivity index is 2.82. The number of carbonyl (C=O) groups excluding carboxylic acids is 2. The number of hydrogen-bond acceptors (Lipinski definition) is 5. The highest BCUT2D eigenvalue weighted by Crippen LogP contribution is 2.21. The molecule has 0 saturated carbocycles. The van der Waals surface area contributed by atoms with Crippen LogP contribution in [0.3, 0.4) is 0 Å². The Morgan fingerprint density at radius 3 is 2.40 bits per heavy atom. The monoisotopic (exact) mass is 299 g/mol. The van der Waals surface area contributed by atoms with Crippen molar-refractivity contribution in [2.45, 2.75) is 33.7 Å². The van der Waals surface area contributed by atoms with Crippen molar-refractivity contribution in [2.75, 3.05) is 5.32 Å². The third kappa shape index (κ3) is 4.30. The fourth-order valence-corrected chi connectivity index (χ4v) is 2.18. The van der Waals surface area contributed by atoms with Crippen LogP contribution in [0.5, 0.6) is 0 Å². The number of carbonyl (C=O) groups is 3. The number of aromatic nitrogens is 1. The molecule has 0 fully saturated rings. The Hall–Kier alpha value is -1.96. The van der Waals surface area contributed by atoms with E-state index in [0.717, 1.165) is 11.3 Å². The van der Waals surface area contributed by atoms with E-state index in [9.17, 15) is 14.4 Å². The van der Waals surface area contributed by atoms with Crippen LogP contribution in [0.25, 0.3) is 0 Å². The van der Waals surface area contributed by atoms with Crippen LogP contribution >= 0.6 is 11.3 Å². The first-order chi connectivity index (χ1) is 9.11. The van der Waals surface area contributed by atoms with Crippen molar-refractivity contribution in [1.29, 1.82) is 0 Å². The lowest BCUT2D eigenvalue weighted by atomic mass is 9.87. The summed E-state index contributed by atoms with van der Waals surface area (Å²) < 4.78 is 0. The molecule has 0 aliphatic heterocycles. The van der Waals surface area contributed by atoms with Crippen LogP contribution in [0.1, 0.15) is 38.2 Å². The summed E-state index contributed by atoms with van der Waals surface area (Å²) in [5.41, 5.74) is -0.549. The summed E-state index contributed by atoms with van der Waals surface area (Å²) in [5, 5.41) is 15.8. The summed E-state index contributed by atoms with van der Waals surface area (Å²) >= 11 is 1.10. The Morgan fingerprint density at radius 2 is 1.95 bits per heavy atom. The first-order valence-electron chi connectivity index (χ1n) is 5.88. The van der Waals surface area contributed by atoms with Crippen LogP contribution in [0.15, 0.2) is 5.38 Å². The molecule has 2 amide bonds. The first-order valence-corrected chi connectivity index (χ1v) is 6.76. The fraction of sp³-hybridized carbons (Fsp3) is 0.500. The molecule has 0 aliphatic rings. The quantitative estimate of drug-likeness (QED) is 0.777. The van der Waals surface area contributed by atoms with Gasteiger partial charge in [0.15, 0.2) is 5.13 Å². The SMILES string of the molecule is CC(=O)Nc1nc(C(=O)N[C@@H](C(=O)O)C(C)(C)C)cs1. The summed E-state index contributed by atoms with van der Waals surface area (Å²) in [5.74, 6) is -1.98. The number of aliphatic carboxylic acids is 1. The van der Waals surface area contributed by atoms with Gasteiger partial charge in [0.1, 0.15) is 11.7 Å². The highest BCUT2D eigenvalue weighted by Gasteiger charge is 2.33. The van der Waals surface area contributed by atoms with Gasteiger partial charge in [-0.15, -0.1) is 11.3 Å². The summed E-state index contributed by atoms with van der Waals surface area (Å²) in [7, 11) is 0. The van der Waals surface area contributed by atoms with Gasteiger partial charge in [-0.25, -0.2) is 9.78 Å². The van der Waals surface area contributed by atoms with E-state index in [1.807, 2.05) is 0 Å². The van der Waals surface area contributed by atoms with Crippen LogP contribution in [-0.2, 0) is 9.59 Å². The van der Waals surface area contributed by atoms with E-state index in [4.69, 9.17) is 5.11 Å². The van der Waals surface area contributed by atoms with E-state index in [0.29, 0.717) is 5.13 Å².